The van der Waals surface area contributed by atoms with Gasteiger partial charge >= 0.3 is 0 Å². The average Bonchev–Trinajstić information content (AvgIpc) is 2.74. The Balaban J connectivity index is 1.92. The summed E-state index contributed by atoms with van der Waals surface area (Å²) >= 11 is 2.85. The molecule has 0 bridgehead atoms. The molecule has 5 nitrogen and oxygen atoms in total. The molecule has 0 fully saturated rings. The van der Waals surface area contributed by atoms with Crippen LogP contribution in [0.15, 0.2) is 24.4 Å². The number of primary amides is 1. The van der Waals surface area contributed by atoms with Gasteiger partial charge in [0.05, 0.1) is 17.0 Å². The van der Waals surface area contributed by atoms with Gasteiger partial charge in [-0.3, -0.25) is 14.6 Å². The molecule has 2 aromatic rings. The largest absolute Gasteiger partial charge is 0.365 e. The topological polar surface area (TPSA) is 85.1 Å². The average molecular weight is 335 g/mol. The first kappa shape index (κ1) is 16.5. The van der Waals surface area contributed by atoms with Crippen LogP contribution < -0.4 is 11.1 Å². The van der Waals surface area contributed by atoms with E-state index in [9.17, 15) is 9.59 Å². The summed E-state index contributed by atoms with van der Waals surface area (Å²) < 4.78 is 0. The first-order valence-corrected chi connectivity index (χ1v) is 8.63. The minimum absolute atomic E-state index is 0.148. The van der Waals surface area contributed by atoms with Crippen LogP contribution in [-0.4, -0.2) is 22.6 Å². The zero-order chi connectivity index (χ0) is 16.1. The molecule has 0 aliphatic rings. The Labute approximate surface area is 137 Å². The third-order valence-corrected chi connectivity index (χ3v) is 5.18. The van der Waals surface area contributed by atoms with Gasteiger partial charge in [0.1, 0.15) is 5.00 Å². The van der Waals surface area contributed by atoms with Crippen molar-refractivity contribution in [3.05, 3.63) is 46.1 Å². The van der Waals surface area contributed by atoms with Crippen molar-refractivity contribution in [2.24, 2.45) is 5.73 Å². The van der Waals surface area contributed by atoms with Gasteiger partial charge < -0.3 is 11.1 Å². The summed E-state index contributed by atoms with van der Waals surface area (Å²) in [6.07, 6.45) is 1.73. The lowest BCUT2D eigenvalue weighted by Gasteiger charge is -2.05. The first-order valence-electron chi connectivity index (χ1n) is 6.66. The number of aromatic nitrogens is 1. The van der Waals surface area contributed by atoms with Crippen LogP contribution in [0.5, 0.6) is 0 Å². The molecule has 2 rings (SSSR count). The van der Waals surface area contributed by atoms with Gasteiger partial charge in [0.2, 0.25) is 5.91 Å². The Hall–Kier alpha value is -1.86. The number of nitrogens with one attached hydrogen (secondary N) is 1. The lowest BCUT2D eigenvalue weighted by atomic mass is 10.1. The molecule has 3 N–H and O–H groups in total. The van der Waals surface area contributed by atoms with E-state index in [4.69, 9.17) is 5.73 Å². The van der Waals surface area contributed by atoms with Crippen LogP contribution in [0.25, 0.3) is 0 Å². The van der Waals surface area contributed by atoms with Gasteiger partial charge in [-0.25, -0.2) is 0 Å². The van der Waals surface area contributed by atoms with Crippen molar-refractivity contribution >= 4 is 39.9 Å². The van der Waals surface area contributed by atoms with Crippen LogP contribution in [0.3, 0.4) is 0 Å². The summed E-state index contributed by atoms with van der Waals surface area (Å²) in [5.41, 5.74) is 7.55. The highest BCUT2D eigenvalue weighted by atomic mass is 32.2. The lowest BCUT2D eigenvalue weighted by Crippen LogP contribution is -2.18. The predicted molar refractivity (Wildman–Crippen MR) is 91.3 cm³/mol. The van der Waals surface area contributed by atoms with Crippen molar-refractivity contribution < 1.29 is 9.59 Å². The number of hydrogen-bond acceptors (Lipinski definition) is 5. The van der Waals surface area contributed by atoms with Crippen molar-refractivity contribution in [1.82, 2.24) is 4.98 Å². The first-order chi connectivity index (χ1) is 10.5. The fourth-order valence-corrected chi connectivity index (χ4v) is 3.73. The van der Waals surface area contributed by atoms with Gasteiger partial charge in [0.15, 0.2) is 0 Å². The fourth-order valence-electron chi connectivity index (χ4n) is 1.91. The third-order valence-electron chi connectivity index (χ3n) is 3.09. The Morgan fingerprint density at radius 2 is 2.14 bits per heavy atom. The quantitative estimate of drug-likeness (QED) is 0.850. The minimum Gasteiger partial charge on any atom is -0.365 e. The molecule has 0 aliphatic carbocycles. The summed E-state index contributed by atoms with van der Waals surface area (Å²) in [4.78, 5) is 28.7. The van der Waals surface area contributed by atoms with E-state index in [0.717, 1.165) is 16.1 Å². The van der Waals surface area contributed by atoms with Crippen LogP contribution >= 0.6 is 23.1 Å². The SMILES string of the molecule is Cc1sc(NC(=O)CSCc2ccccn2)c(C(N)=O)c1C. The standard InChI is InChI=1S/C15H17N3O2S2/c1-9-10(2)22-15(13(9)14(16)20)18-12(19)8-21-7-11-5-3-4-6-17-11/h3-6H,7-8H2,1-2H3,(H2,16,20)(H,18,19). The molecule has 0 saturated carbocycles. The molecule has 0 aromatic carbocycles. The number of anilines is 1. The molecule has 0 radical (unpaired) electrons. The van der Waals surface area contributed by atoms with E-state index in [0.29, 0.717) is 22.1 Å². The molecule has 0 atom stereocenters. The zero-order valence-electron chi connectivity index (χ0n) is 12.4. The maximum atomic E-state index is 12.0. The molecule has 22 heavy (non-hydrogen) atoms. The third kappa shape index (κ3) is 4.08. The summed E-state index contributed by atoms with van der Waals surface area (Å²) in [5.74, 6) is 0.299. The Morgan fingerprint density at radius 1 is 1.36 bits per heavy atom. The van der Waals surface area contributed by atoms with Crippen molar-refractivity contribution in [3.63, 3.8) is 0 Å². The molecule has 0 unspecified atom stereocenters. The molecule has 2 aromatic heterocycles. The number of aryl methyl sites for hydroxylation is 1. The van der Waals surface area contributed by atoms with Crippen molar-refractivity contribution in [2.45, 2.75) is 19.6 Å². The van der Waals surface area contributed by atoms with Gasteiger partial charge in [-0.05, 0) is 31.5 Å². The highest BCUT2D eigenvalue weighted by molar-refractivity contribution is 7.99. The van der Waals surface area contributed by atoms with Gasteiger partial charge in [-0.15, -0.1) is 23.1 Å². The van der Waals surface area contributed by atoms with Crippen molar-refractivity contribution in [3.8, 4) is 0 Å². The molecule has 2 amide bonds. The second-order valence-electron chi connectivity index (χ2n) is 4.71. The molecule has 7 heteroatoms. The van der Waals surface area contributed by atoms with E-state index in [1.54, 1.807) is 6.20 Å². The smallest absolute Gasteiger partial charge is 0.251 e. The zero-order valence-corrected chi connectivity index (χ0v) is 14.0. The highest BCUT2D eigenvalue weighted by Gasteiger charge is 2.18. The second kappa shape index (κ2) is 7.42. The second-order valence-corrected chi connectivity index (χ2v) is 6.92. The number of carbonyl (C=O) groups is 2. The summed E-state index contributed by atoms with van der Waals surface area (Å²) in [7, 11) is 0. The Morgan fingerprint density at radius 3 is 2.77 bits per heavy atom. The number of hydrogen-bond donors (Lipinski definition) is 2. The normalized spacial score (nSPS) is 10.5. The molecule has 2 heterocycles. The maximum absolute atomic E-state index is 12.0. The van der Waals surface area contributed by atoms with E-state index in [2.05, 4.69) is 10.3 Å². The van der Waals surface area contributed by atoms with E-state index in [-0.39, 0.29) is 5.91 Å². The number of carbonyl (C=O) groups excluding carboxylic acids is 2. The number of nitrogens with zero attached hydrogens (tertiary/aromatic N) is 1. The van der Waals surface area contributed by atoms with Gasteiger partial charge in [0, 0.05) is 16.8 Å². The highest BCUT2D eigenvalue weighted by Crippen LogP contribution is 2.32. The summed E-state index contributed by atoms with van der Waals surface area (Å²) in [6, 6.07) is 5.69. The molecule has 0 aliphatic heterocycles. The molecular formula is C15H17N3O2S2. The minimum atomic E-state index is -0.515. The van der Waals surface area contributed by atoms with Gasteiger partial charge in [0.25, 0.3) is 5.91 Å². The number of rotatable bonds is 6. The van der Waals surface area contributed by atoms with Crippen molar-refractivity contribution in [2.75, 3.05) is 11.1 Å². The summed E-state index contributed by atoms with van der Waals surface area (Å²) in [5, 5.41) is 3.31. The van der Waals surface area contributed by atoms with E-state index < -0.39 is 5.91 Å². The van der Waals surface area contributed by atoms with Gasteiger partial charge in [-0.1, -0.05) is 6.07 Å². The molecule has 0 spiro atoms. The lowest BCUT2D eigenvalue weighted by molar-refractivity contribution is -0.113. The van der Waals surface area contributed by atoms with E-state index in [1.807, 2.05) is 32.0 Å². The number of amides is 2. The number of pyridine rings is 1. The molecule has 0 saturated heterocycles. The van der Waals surface area contributed by atoms with Crippen LogP contribution in [0.4, 0.5) is 5.00 Å². The fraction of sp³-hybridized carbons (Fsp3) is 0.267. The van der Waals surface area contributed by atoms with E-state index >= 15 is 0 Å². The van der Waals surface area contributed by atoms with Crippen LogP contribution in [-0.2, 0) is 10.5 Å². The maximum Gasteiger partial charge on any atom is 0.251 e. The number of nitrogens with two attached hydrogens (primary N) is 1. The van der Waals surface area contributed by atoms with E-state index in [1.165, 1.54) is 23.1 Å². The number of thioether (sulfide) groups is 1. The van der Waals surface area contributed by atoms with Crippen LogP contribution in [0.1, 0.15) is 26.5 Å². The summed E-state index contributed by atoms with van der Waals surface area (Å²) in [6.45, 7) is 3.73. The molecule has 116 valence electrons. The van der Waals surface area contributed by atoms with Crippen LogP contribution in [0.2, 0.25) is 0 Å². The molecular weight excluding hydrogens is 318 g/mol. The van der Waals surface area contributed by atoms with Crippen LogP contribution in [0, 0.1) is 13.8 Å². The Kier molecular flexibility index (Phi) is 5.57. The van der Waals surface area contributed by atoms with Gasteiger partial charge in [-0.2, -0.15) is 0 Å². The monoisotopic (exact) mass is 335 g/mol. The predicted octanol–water partition coefficient (Wildman–Crippen LogP) is 2.73. The number of thiophene rings is 1. The van der Waals surface area contributed by atoms with Crippen molar-refractivity contribution in [1.29, 1.82) is 0 Å². The Bertz CT molecular complexity index is 684.